The highest BCUT2D eigenvalue weighted by atomic mass is 19.1. The average molecular weight is 750 g/mol. The van der Waals surface area contributed by atoms with Gasteiger partial charge in [-0.1, -0.05) is 25.5 Å². The normalized spacial score (nSPS) is 37.4. The molecule has 1 aromatic carbocycles. The Hall–Kier alpha value is -3.94. The van der Waals surface area contributed by atoms with Crippen molar-refractivity contribution in [1.82, 2.24) is 9.88 Å². The maximum Gasteiger partial charge on any atom is 0.344 e. The number of benzene rings is 1. The van der Waals surface area contributed by atoms with E-state index >= 15 is 8.78 Å². The van der Waals surface area contributed by atoms with E-state index in [1.807, 2.05) is 11.8 Å². The number of anilines is 1. The van der Waals surface area contributed by atoms with Crippen LogP contribution in [0.4, 0.5) is 14.5 Å². The van der Waals surface area contributed by atoms with Gasteiger partial charge in [0.25, 0.3) is 0 Å². The number of piperazine rings is 1. The lowest BCUT2D eigenvalue weighted by molar-refractivity contribution is -0.219. The molecule has 0 radical (unpaired) electrons. The first-order valence-corrected chi connectivity index (χ1v) is 19.2. The summed E-state index contributed by atoms with van der Waals surface area (Å²) in [6.45, 7) is 7.96. The van der Waals surface area contributed by atoms with Gasteiger partial charge >= 0.3 is 5.97 Å². The van der Waals surface area contributed by atoms with Gasteiger partial charge in [0.15, 0.2) is 29.6 Å². The fourth-order valence-corrected chi connectivity index (χ4v) is 11.3. The number of fused-ring (bicyclic) bond motifs is 6. The number of carbonyl (C=O) groups excluding carboxylic acids is 3. The van der Waals surface area contributed by atoms with Crippen LogP contribution in [-0.2, 0) is 14.3 Å². The molecule has 0 amide bonds. The maximum atomic E-state index is 17.6. The molecule has 3 N–H and O–H groups in total. The Balaban J connectivity index is 1.08. The first kappa shape index (κ1) is 37.0. The number of hydrogen-bond donors (Lipinski definition) is 3. The molecule has 5 aliphatic carbocycles. The number of hydrogen-bond acceptors (Lipinski definition) is 10. The molecule has 9 atom stereocenters. The Morgan fingerprint density at radius 1 is 1.13 bits per heavy atom. The van der Waals surface area contributed by atoms with E-state index in [1.165, 1.54) is 25.5 Å². The molecule has 0 bridgehead atoms. The van der Waals surface area contributed by atoms with Gasteiger partial charge in [-0.3, -0.25) is 14.4 Å². The number of rotatable bonds is 7. The minimum atomic E-state index is -2.14. The molecule has 290 valence electrons. The molecule has 54 heavy (non-hydrogen) atoms. The number of allylic oxidation sites excluding steroid dienone is 4. The number of aliphatic hydroxyl groups is 2. The summed E-state index contributed by atoms with van der Waals surface area (Å²) >= 11 is 0. The van der Waals surface area contributed by atoms with Crippen LogP contribution in [0.5, 0.6) is 5.75 Å². The summed E-state index contributed by atoms with van der Waals surface area (Å²) in [5.74, 6) is -4.46. The highest BCUT2D eigenvalue weighted by Crippen LogP contribution is 2.70. The highest BCUT2D eigenvalue weighted by Gasteiger charge is 2.75. The molecule has 2 aromatic rings. The monoisotopic (exact) mass is 749 g/mol. The van der Waals surface area contributed by atoms with Gasteiger partial charge in [0.2, 0.25) is 11.2 Å². The van der Waals surface area contributed by atoms with Crippen LogP contribution in [0.1, 0.15) is 82.6 Å². The lowest BCUT2D eigenvalue weighted by atomic mass is 9.44. The van der Waals surface area contributed by atoms with Crippen LogP contribution in [0.3, 0.4) is 0 Å². The van der Waals surface area contributed by atoms with E-state index in [9.17, 15) is 29.4 Å². The molecule has 1 aliphatic heterocycles. The number of methoxy groups -OCH3 is 1. The summed E-state index contributed by atoms with van der Waals surface area (Å²) in [6.07, 6.45) is 6.57. The standard InChI is InChI=1S/C41H49F2N3O8/c1-21-14-29-28-9-6-23-15-25(47)10-11-38(23,3)40(28,43)31(48)17-39(29,4)41(21,52)32(49)20-54-37(51)27-19-46(24-7-8-24)33-26(35(27)50)16-30(42)34(36(33)53-5)45-13-12-44-22(2)18-45/h10-11,15-16,19,21-22,24,28-29,31,44,48,52H,6-9,12-14,17-18,20H2,1-5H3/t21-,22?,28+,29+,31+,38+,39+,40+,41+/m1/s1. The second-order valence-corrected chi connectivity index (χ2v) is 17.1. The molecule has 13 heteroatoms. The minimum absolute atomic E-state index is 0.0513. The Morgan fingerprint density at radius 2 is 1.87 bits per heavy atom. The van der Waals surface area contributed by atoms with E-state index in [4.69, 9.17) is 9.47 Å². The molecular weight excluding hydrogens is 700 g/mol. The third-order valence-corrected chi connectivity index (χ3v) is 14.2. The summed E-state index contributed by atoms with van der Waals surface area (Å²) < 4.78 is 46.6. The number of Topliss-reactive ketones (excluding diaryl/α,β-unsaturated/α-hetero) is 1. The number of nitrogens with zero attached hydrogens (tertiary/aromatic N) is 2. The van der Waals surface area contributed by atoms with Crippen LogP contribution in [0, 0.1) is 34.4 Å². The molecule has 5 fully saturated rings. The van der Waals surface area contributed by atoms with Gasteiger partial charge in [-0.25, -0.2) is 13.6 Å². The number of esters is 1. The Bertz CT molecular complexity index is 2100. The Kier molecular flexibility index (Phi) is 8.59. The number of halogens is 2. The predicted molar refractivity (Wildman–Crippen MR) is 196 cm³/mol. The zero-order valence-corrected chi connectivity index (χ0v) is 31.4. The minimum Gasteiger partial charge on any atom is -0.492 e. The lowest BCUT2D eigenvalue weighted by Crippen LogP contribution is -2.69. The third kappa shape index (κ3) is 4.99. The molecule has 1 saturated heterocycles. The van der Waals surface area contributed by atoms with Gasteiger partial charge in [0, 0.05) is 54.7 Å². The van der Waals surface area contributed by atoms with E-state index in [1.54, 1.807) is 31.4 Å². The average Bonchev–Trinajstić information content (AvgIpc) is 3.95. The molecule has 4 saturated carbocycles. The van der Waals surface area contributed by atoms with Gasteiger partial charge in [0.05, 0.1) is 24.1 Å². The van der Waals surface area contributed by atoms with Crippen LogP contribution in [-0.4, -0.2) is 89.1 Å². The summed E-state index contributed by atoms with van der Waals surface area (Å²) in [4.78, 5) is 55.9. The van der Waals surface area contributed by atoms with Crippen molar-refractivity contribution < 1.29 is 42.9 Å². The van der Waals surface area contributed by atoms with Gasteiger partial charge in [0.1, 0.15) is 16.9 Å². The Morgan fingerprint density at radius 3 is 2.56 bits per heavy atom. The van der Waals surface area contributed by atoms with Gasteiger partial charge in [-0.15, -0.1) is 0 Å². The molecule has 1 unspecified atom stereocenters. The smallest absolute Gasteiger partial charge is 0.344 e. The van der Waals surface area contributed by atoms with Crippen molar-refractivity contribution in [3.63, 3.8) is 0 Å². The van der Waals surface area contributed by atoms with E-state index in [0.717, 1.165) is 18.9 Å². The highest BCUT2D eigenvalue weighted by molar-refractivity contribution is 6.01. The maximum absolute atomic E-state index is 17.6. The second kappa shape index (κ2) is 12.5. The number of aliphatic hydroxyl groups excluding tert-OH is 1. The van der Waals surface area contributed by atoms with Gasteiger partial charge < -0.3 is 34.5 Å². The SMILES string of the molecule is COc1c(N2CCNC(C)C2)c(F)cc2c(=O)c(C(=O)OCC(=O)[C@@]3(O)[C@H](C)C[C@H]4[C@@H]5CCC6=CC(=O)C=C[C@]6(C)[C@@]5(F)[C@@H](O)C[C@@]43C)cn(C3CC3)c12. The van der Waals surface area contributed by atoms with Gasteiger partial charge in [-0.2, -0.15) is 0 Å². The molecule has 0 spiro atoms. The van der Waals surface area contributed by atoms with Crippen molar-refractivity contribution in [2.24, 2.45) is 28.6 Å². The number of nitrogens with one attached hydrogen (secondary N) is 1. The number of ketones is 2. The number of ether oxygens (including phenoxy) is 2. The number of alkyl halides is 1. The lowest BCUT2D eigenvalue weighted by Gasteiger charge is -2.62. The van der Waals surface area contributed by atoms with Crippen molar-refractivity contribution >= 4 is 34.1 Å². The van der Waals surface area contributed by atoms with Crippen molar-refractivity contribution in [1.29, 1.82) is 0 Å². The number of carbonyl (C=O) groups is 3. The fourth-order valence-electron chi connectivity index (χ4n) is 11.3. The topological polar surface area (TPSA) is 147 Å². The van der Waals surface area contributed by atoms with Crippen LogP contribution in [0.25, 0.3) is 10.9 Å². The van der Waals surface area contributed by atoms with Crippen LogP contribution in [0.15, 0.2) is 40.9 Å². The first-order valence-electron chi connectivity index (χ1n) is 19.2. The van der Waals surface area contributed by atoms with E-state index in [0.29, 0.717) is 50.0 Å². The van der Waals surface area contributed by atoms with Crippen molar-refractivity contribution in [2.45, 2.75) is 95.7 Å². The fraction of sp³-hybridized carbons (Fsp3) is 0.610. The molecular formula is C41H49F2N3O8. The molecule has 11 nitrogen and oxygen atoms in total. The van der Waals surface area contributed by atoms with Crippen LogP contribution < -0.4 is 20.4 Å². The second-order valence-electron chi connectivity index (χ2n) is 17.1. The zero-order valence-electron chi connectivity index (χ0n) is 31.4. The summed E-state index contributed by atoms with van der Waals surface area (Å²) in [6, 6.07) is 1.18. The summed E-state index contributed by atoms with van der Waals surface area (Å²) in [5.41, 5.74) is -6.60. The zero-order chi connectivity index (χ0) is 38.7. The largest absolute Gasteiger partial charge is 0.492 e. The quantitative estimate of drug-likeness (QED) is 0.349. The van der Waals surface area contributed by atoms with Gasteiger partial charge in [-0.05, 0) is 82.4 Å². The third-order valence-electron chi connectivity index (χ3n) is 14.2. The predicted octanol–water partition coefficient (Wildman–Crippen LogP) is 4.36. The number of aromatic nitrogens is 1. The summed E-state index contributed by atoms with van der Waals surface area (Å²) in [7, 11) is 1.43. The van der Waals surface area contributed by atoms with Crippen molar-refractivity contribution in [2.75, 3.05) is 38.3 Å². The molecule has 6 aliphatic rings. The van der Waals surface area contributed by atoms with E-state index in [2.05, 4.69) is 5.32 Å². The molecule has 1 aromatic heterocycles. The van der Waals surface area contributed by atoms with Crippen LogP contribution >= 0.6 is 0 Å². The first-order chi connectivity index (χ1) is 25.5. The van der Waals surface area contributed by atoms with E-state index < -0.39 is 75.6 Å². The molecule has 8 rings (SSSR count). The van der Waals surface area contributed by atoms with E-state index in [-0.39, 0.29) is 46.7 Å². The molecule has 2 heterocycles. The van der Waals surface area contributed by atoms with Crippen molar-refractivity contribution in [3.8, 4) is 5.75 Å². The van der Waals surface area contributed by atoms with Crippen molar-refractivity contribution in [3.05, 3.63) is 57.7 Å². The van der Waals surface area contributed by atoms with Crippen LogP contribution in [0.2, 0.25) is 0 Å². The summed E-state index contributed by atoms with van der Waals surface area (Å²) in [5, 5.41) is 27.3. The Labute approximate surface area is 312 Å². The number of pyridine rings is 1.